The van der Waals surface area contributed by atoms with Crippen molar-refractivity contribution in [2.24, 2.45) is 0 Å². The van der Waals surface area contributed by atoms with Crippen LogP contribution in [-0.2, 0) is 11.3 Å². The molecule has 2 heterocycles. The van der Waals surface area contributed by atoms with Crippen molar-refractivity contribution in [2.75, 3.05) is 19.0 Å². The van der Waals surface area contributed by atoms with E-state index >= 15 is 0 Å². The van der Waals surface area contributed by atoms with Crippen molar-refractivity contribution >= 4 is 33.7 Å². The second-order valence-electron chi connectivity index (χ2n) is 6.11. The Bertz CT molecular complexity index is 1160. The predicted octanol–water partition coefficient (Wildman–Crippen LogP) is 3.30. The van der Waals surface area contributed by atoms with E-state index < -0.39 is 5.97 Å². The third-order valence-corrected chi connectivity index (χ3v) is 4.31. The minimum Gasteiger partial charge on any atom is -0.497 e. The summed E-state index contributed by atoms with van der Waals surface area (Å²) in [5.41, 5.74) is 3.54. The van der Waals surface area contributed by atoms with Gasteiger partial charge in [0, 0.05) is 11.9 Å². The fourth-order valence-corrected chi connectivity index (χ4v) is 2.93. The number of hydrogen-bond acceptors (Lipinski definition) is 7. The lowest BCUT2D eigenvalue weighted by atomic mass is 10.2. The van der Waals surface area contributed by atoms with Crippen molar-refractivity contribution in [3.63, 3.8) is 0 Å². The van der Waals surface area contributed by atoms with Crippen LogP contribution < -0.4 is 10.1 Å². The fraction of sp³-hybridized carbons (Fsp3) is 0.200. The number of carbonyl (C=O) groups excluding carboxylic acids is 1. The van der Waals surface area contributed by atoms with Crippen molar-refractivity contribution in [3.8, 4) is 5.75 Å². The molecule has 0 amide bonds. The van der Waals surface area contributed by atoms with Crippen LogP contribution in [0.5, 0.6) is 5.75 Å². The zero-order chi connectivity index (χ0) is 19.5. The van der Waals surface area contributed by atoms with Crippen LogP contribution in [0.1, 0.15) is 23.1 Å². The van der Waals surface area contributed by atoms with Crippen LogP contribution in [0.2, 0.25) is 0 Å². The summed E-state index contributed by atoms with van der Waals surface area (Å²) in [6, 6.07) is 11.4. The number of nitrogens with one attached hydrogen (secondary N) is 2. The molecule has 0 bridgehead atoms. The number of carbonyl (C=O) groups is 1. The number of H-pyrrole nitrogens is 1. The molecule has 0 spiro atoms. The summed E-state index contributed by atoms with van der Waals surface area (Å²) in [5.74, 6) is 0.687. The molecule has 0 aliphatic heterocycles. The maximum absolute atomic E-state index is 12.1. The summed E-state index contributed by atoms with van der Waals surface area (Å²) in [5, 5.41) is 4.06. The molecule has 2 aromatic carbocycles. The molecule has 28 heavy (non-hydrogen) atoms. The lowest BCUT2D eigenvalue weighted by Gasteiger charge is -2.12. The quantitative estimate of drug-likeness (QED) is 0.497. The Morgan fingerprint density at radius 3 is 2.82 bits per heavy atom. The molecule has 4 aromatic rings. The predicted molar refractivity (Wildman–Crippen MR) is 105 cm³/mol. The first-order valence-electron chi connectivity index (χ1n) is 8.86. The van der Waals surface area contributed by atoms with E-state index in [2.05, 4.69) is 25.3 Å². The molecule has 0 aliphatic carbocycles. The highest BCUT2D eigenvalue weighted by molar-refractivity contribution is 5.95. The first kappa shape index (κ1) is 17.7. The molecule has 8 heteroatoms. The van der Waals surface area contributed by atoms with Gasteiger partial charge in [-0.3, -0.25) is 0 Å². The Kier molecular flexibility index (Phi) is 4.76. The zero-order valence-electron chi connectivity index (χ0n) is 15.5. The zero-order valence-corrected chi connectivity index (χ0v) is 15.5. The van der Waals surface area contributed by atoms with E-state index in [-0.39, 0.29) is 12.4 Å². The molecule has 0 fully saturated rings. The first-order valence-corrected chi connectivity index (χ1v) is 8.86. The van der Waals surface area contributed by atoms with Crippen molar-refractivity contribution in [3.05, 3.63) is 54.1 Å². The van der Waals surface area contributed by atoms with Crippen LogP contribution in [-0.4, -0.2) is 39.6 Å². The number of fused-ring (bicyclic) bond motifs is 2. The average Bonchev–Trinajstić information content (AvgIpc) is 3.19. The Labute approximate surface area is 160 Å². The first-order chi connectivity index (χ1) is 13.7. The van der Waals surface area contributed by atoms with E-state index in [4.69, 9.17) is 9.47 Å². The number of aromatic amines is 1. The number of imidazole rings is 1. The molecule has 0 radical (unpaired) electrons. The van der Waals surface area contributed by atoms with Gasteiger partial charge in [-0.1, -0.05) is 6.07 Å². The Morgan fingerprint density at radius 2 is 2.00 bits per heavy atom. The van der Waals surface area contributed by atoms with Gasteiger partial charge < -0.3 is 19.8 Å². The van der Waals surface area contributed by atoms with Gasteiger partial charge in [0.2, 0.25) is 5.82 Å². The molecule has 2 N–H and O–H groups in total. The van der Waals surface area contributed by atoms with Gasteiger partial charge in [0.05, 0.1) is 36.6 Å². The van der Waals surface area contributed by atoms with Crippen molar-refractivity contribution in [2.45, 2.75) is 13.5 Å². The van der Waals surface area contributed by atoms with E-state index in [9.17, 15) is 4.79 Å². The minimum absolute atomic E-state index is 0.0195. The molecule has 8 nitrogen and oxygen atoms in total. The van der Waals surface area contributed by atoms with Crippen molar-refractivity contribution < 1.29 is 14.3 Å². The molecule has 142 valence electrons. The highest BCUT2D eigenvalue weighted by Crippen LogP contribution is 2.26. The van der Waals surface area contributed by atoms with Crippen molar-refractivity contribution in [1.29, 1.82) is 0 Å². The van der Waals surface area contributed by atoms with Crippen LogP contribution in [0.25, 0.3) is 21.9 Å². The normalized spacial score (nSPS) is 10.9. The number of nitrogens with zero attached hydrogens (tertiary/aromatic N) is 3. The Morgan fingerprint density at radius 1 is 1.14 bits per heavy atom. The number of rotatable bonds is 6. The monoisotopic (exact) mass is 377 g/mol. The molecule has 0 aliphatic rings. The summed E-state index contributed by atoms with van der Waals surface area (Å²) in [4.78, 5) is 28.2. The van der Waals surface area contributed by atoms with Gasteiger partial charge in [-0.15, -0.1) is 0 Å². The van der Waals surface area contributed by atoms with E-state index in [0.717, 1.165) is 22.0 Å². The van der Waals surface area contributed by atoms with Gasteiger partial charge in [0.1, 0.15) is 11.6 Å². The third-order valence-electron chi connectivity index (χ3n) is 4.31. The van der Waals surface area contributed by atoms with Gasteiger partial charge in [0.25, 0.3) is 0 Å². The Hall–Kier alpha value is -3.68. The summed E-state index contributed by atoms with van der Waals surface area (Å²) >= 11 is 0. The van der Waals surface area contributed by atoms with E-state index in [1.807, 2.05) is 24.3 Å². The largest absolute Gasteiger partial charge is 0.497 e. The summed E-state index contributed by atoms with van der Waals surface area (Å²) < 4.78 is 10.4. The second kappa shape index (κ2) is 7.51. The number of aromatic nitrogens is 4. The Balaban J connectivity index is 1.70. The highest BCUT2D eigenvalue weighted by atomic mass is 16.5. The van der Waals surface area contributed by atoms with Crippen molar-refractivity contribution in [1.82, 2.24) is 19.9 Å². The summed E-state index contributed by atoms with van der Waals surface area (Å²) in [6.07, 6.45) is 1.66. The molecule has 0 unspecified atom stereocenters. The number of hydrogen-bond donors (Lipinski definition) is 2. The van der Waals surface area contributed by atoms with E-state index in [1.165, 1.54) is 0 Å². The third kappa shape index (κ3) is 3.44. The van der Waals surface area contributed by atoms with Crippen LogP contribution in [0.15, 0.2) is 42.7 Å². The SMILES string of the molecule is CCOC(=O)c1nc(NCc2ccc3nc[nH]c3c2)c2cc(OC)ccc2n1. The van der Waals surface area contributed by atoms with E-state index in [1.54, 1.807) is 32.5 Å². The fourth-order valence-electron chi connectivity index (χ4n) is 2.93. The second-order valence-corrected chi connectivity index (χ2v) is 6.11. The molecule has 0 saturated heterocycles. The molecule has 2 aromatic heterocycles. The topological polar surface area (TPSA) is 102 Å². The van der Waals surface area contributed by atoms with Gasteiger partial charge in [-0.05, 0) is 42.8 Å². The highest BCUT2D eigenvalue weighted by Gasteiger charge is 2.15. The van der Waals surface area contributed by atoms with Gasteiger partial charge >= 0.3 is 5.97 Å². The maximum atomic E-state index is 12.1. The average molecular weight is 377 g/mol. The van der Waals surface area contributed by atoms with E-state index in [0.29, 0.717) is 23.6 Å². The molecule has 0 saturated carbocycles. The van der Waals surface area contributed by atoms with Crippen LogP contribution >= 0.6 is 0 Å². The van der Waals surface area contributed by atoms with Gasteiger partial charge in [-0.2, -0.15) is 0 Å². The summed E-state index contributed by atoms with van der Waals surface area (Å²) in [7, 11) is 1.60. The standard InChI is InChI=1S/C20H19N5O3/c1-3-28-20(26)19-24-15-7-5-13(27-2)9-14(15)18(25-19)21-10-12-4-6-16-17(8-12)23-11-22-16/h4-9,11H,3,10H2,1-2H3,(H,22,23)(H,21,24,25). The minimum atomic E-state index is -0.554. The summed E-state index contributed by atoms with van der Waals surface area (Å²) in [6.45, 7) is 2.52. The smallest absolute Gasteiger partial charge is 0.376 e. The van der Waals surface area contributed by atoms with Crippen LogP contribution in [0.4, 0.5) is 5.82 Å². The van der Waals surface area contributed by atoms with Gasteiger partial charge in [0.15, 0.2) is 0 Å². The molecular formula is C20H19N5O3. The van der Waals surface area contributed by atoms with Gasteiger partial charge in [-0.25, -0.2) is 19.7 Å². The number of methoxy groups -OCH3 is 1. The lowest BCUT2D eigenvalue weighted by Crippen LogP contribution is -2.12. The number of esters is 1. The number of ether oxygens (including phenoxy) is 2. The number of anilines is 1. The van der Waals surface area contributed by atoms with Crippen LogP contribution in [0.3, 0.4) is 0 Å². The molecular weight excluding hydrogens is 358 g/mol. The van der Waals surface area contributed by atoms with Crippen LogP contribution in [0, 0.1) is 0 Å². The maximum Gasteiger partial charge on any atom is 0.376 e. The molecule has 4 rings (SSSR count). The molecule has 0 atom stereocenters. The number of benzene rings is 2. The lowest BCUT2D eigenvalue weighted by molar-refractivity contribution is 0.0512.